The summed E-state index contributed by atoms with van der Waals surface area (Å²) in [6, 6.07) is 7.25. The van der Waals surface area contributed by atoms with Crippen molar-refractivity contribution in [1.82, 2.24) is 4.57 Å². The second kappa shape index (κ2) is 2.87. The number of nitrogens with zero attached hydrogens (tertiary/aromatic N) is 1. The Morgan fingerprint density at radius 3 is 2.64 bits per heavy atom. The van der Waals surface area contributed by atoms with Gasteiger partial charge in [0.05, 0.1) is 11.1 Å². The first-order valence-electron chi connectivity index (χ1n) is 4.40. The van der Waals surface area contributed by atoms with Gasteiger partial charge < -0.3 is 9.67 Å². The molecule has 0 spiro atoms. The third-order valence-electron chi connectivity index (χ3n) is 2.50. The maximum atomic E-state index is 11.7. The molecule has 14 heavy (non-hydrogen) atoms. The van der Waals surface area contributed by atoms with Crippen molar-refractivity contribution in [3.8, 4) is 5.88 Å². The minimum Gasteiger partial charge on any atom is -0.494 e. The van der Waals surface area contributed by atoms with Crippen LogP contribution in [0.2, 0.25) is 0 Å². The van der Waals surface area contributed by atoms with Crippen molar-refractivity contribution in [2.45, 2.75) is 6.92 Å². The molecule has 1 aromatic carbocycles. The number of hydrogen-bond donors (Lipinski definition) is 1. The number of fused-ring (bicyclic) bond motifs is 1. The minimum absolute atomic E-state index is 0.0358. The molecule has 1 heterocycles. The highest BCUT2D eigenvalue weighted by Gasteiger charge is 2.09. The number of benzene rings is 1. The highest BCUT2D eigenvalue weighted by molar-refractivity contribution is 5.80. The monoisotopic (exact) mass is 189 g/mol. The van der Waals surface area contributed by atoms with Gasteiger partial charge in [0.15, 0.2) is 11.3 Å². The first kappa shape index (κ1) is 8.81. The van der Waals surface area contributed by atoms with Crippen LogP contribution in [-0.2, 0) is 7.05 Å². The molecule has 1 N–H and O–H groups in total. The van der Waals surface area contributed by atoms with E-state index in [9.17, 15) is 9.90 Å². The van der Waals surface area contributed by atoms with Crippen molar-refractivity contribution in [1.29, 1.82) is 0 Å². The number of pyridine rings is 1. The lowest BCUT2D eigenvalue weighted by Crippen LogP contribution is -2.11. The van der Waals surface area contributed by atoms with E-state index in [2.05, 4.69) is 0 Å². The van der Waals surface area contributed by atoms with Crippen molar-refractivity contribution in [2.75, 3.05) is 0 Å². The molecule has 0 aliphatic rings. The maximum Gasteiger partial charge on any atom is 0.198 e. The number of hydrogen-bond acceptors (Lipinski definition) is 2. The highest BCUT2D eigenvalue weighted by Crippen LogP contribution is 2.18. The lowest BCUT2D eigenvalue weighted by atomic mass is 10.1. The van der Waals surface area contributed by atoms with Gasteiger partial charge >= 0.3 is 0 Å². The summed E-state index contributed by atoms with van der Waals surface area (Å²) in [4.78, 5) is 11.7. The van der Waals surface area contributed by atoms with E-state index in [0.29, 0.717) is 10.9 Å². The normalized spacial score (nSPS) is 10.7. The largest absolute Gasteiger partial charge is 0.494 e. The first-order valence-corrected chi connectivity index (χ1v) is 4.40. The molecule has 3 heteroatoms. The zero-order chi connectivity index (χ0) is 10.3. The van der Waals surface area contributed by atoms with Crippen LogP contribution in [-0.4, -0.2) is 9.67 Å². The molecular formula is C11H11NO2. The predicted molar refractivity (Wildman–Crippen MR) is 55.6 cm³/mol. The molecule has 3 nitrogen and oxygen atoms in total. The molecule has 1 aromatic heterocycles. The van der Waals surface area contributed by atoms with E-state index in [-0.39, 0.29) is 11.3 Å². The summed E-state index contributed by atoms with van der Waals surface area (Å²) >= 11 is 0. The van der Waals surface area contributed by atoms with Gasteiger partial charge in [0.2, 0.25) is 0 Å². The van der Waals surface area contributed by atoms with Crippen molar-refractivity contribution in [3.63, 3.8) is 0 Å². The number of rotatable bonds is 0. The Kier molecular flexibility index (Phi) is 1.81. The van der Waals surface area contributed by atoms with Gasteiger partial charge in [-0.2, -0.15) is 0 Å². The smallest absolute Gasteiger partial charge is 0.198 e. The molecule has 0 fully saturated rings. The molecule has 0 bridgehead atoms. The minimum atomic E-state index is -0.101. The molecule has 72 valence electrons. The van der Waals surface area contributed by atoms with Crippen LogP contribution in [0.4, 0.5) is 0 Å². The van der Waals surface area contributed by atoms with E-state index < -0.39 is 0 Å². The standard InChI is InChI=1S/C11H11NO2/c1-7-10(13)8-5-3-4-6-9(8)12(2)11(7)14/h3-6,14H,1-2H3. The maximum absolute atomic E-state index is 11.7. The zero-order valence-electron chi connectivity index (χ0n) is 8.11. The molecular weight excluding hydrogens is 178 g/mol. The molecule has 0 saturated carbocycles. The summed E-state index contributed by atoms with van der Waals surface area (Å²) < 4.78 is 1.62. The van der Waals surface area contributed by atoms with Crippen LogP contribution in [0.5, 0.6) is 5.88 Å². The molecule has 0 amide bonds. The van der Waals surface area contributed by atoms with E-state index >= 15 is 0 Å². The fourth-order valence-electron chi connectivity index (χ4n) is 1.63. The van der Waals surface area contributed by atoms with Crippen molar-refractivity contribution >= 4 is 10.9 Å². The van der Waals surface area contributed by atoms with E-state index in [1.54, 1.807) is 24.6 Å². The summed E-state index contributed by atoms with van der Waals surface area (Å²) in [6.45, 7) is 1.63. The van der Waals surface area contributed by atoms with Gasteiger partial charge in [-0.15, -0.1) is 0 Å². The second-order valence-electron chi connectivity index (χ2n) is 3.35. The van der Waals surface area contributed by atoms with Gasteiger partial charge in [0.1, 0.15) is 0 Å². The number of aryl methyl sites for hydroxylation is 1. The SMILES string of the molecule is Cc1c(O)n(C)c2ccccc2c1=O. The van der Waals surface area contributed by atoms with Crippen LogP contribution in [0.15, 0.2) is 29.1 Å². The Labute approximate surface area is 81.2 Å². The van der Waals surface area contributed by atoms with Gasteiger partial charge in [-0.25, -0.2) is 0 Å². The molecule has 0 unspecified atom stereocenters. The van der Waals surface area contributed by atoms with E-state index in [0.717, 1.165) is 5.52 Å². The predicted octanol–water partition coefficient (Wildman–Crippen LogP) is 1.55. The summed E-state index contributed by atoms with van der Waals surface area (Å²) in [7, 11) is 1.74. The van der Waals surface area contributed by atoms with E-state index in [1.807, 2.05) is 18.2 Å². The molecule has 2 aromatic rings. The third kappa shape index (κ3) is 1.02. The number of aromatic hydroxyl groups is 1. The summed E-state index contributed by atoms with van der Waals surface area (Å²) in [5.41, 5.74) is 1.04. The number of para-hydroxylation sites is 1. The van der Waals surface area contributed by atoms with Crippen LogP contribution in [0.1, 0.15) is 5.56 Å². The summed E-state index contributed by atoms with van der Waals surface area (Å²) in [5.74, 6) is 0.0358. The van der Waals surface area contributed by atoms with Gasteiger partial charge in [0, 0.05) is 12.4 Å². The molecule has 0 aliphatic carbocycles. The van der Waals surface area contributed by atoms with E-state index in [1.165, 1.54) is 0 Å². The van der Waals surface area contributed by atoms with Crippen LogP contribution in [0.25, 0.3) is 10.9 Å². The Balaban J connectivity index is 3.10. The average Bonchev–Trinajstić information content (AvgIpc) is 2.23. The van der Waals surface area contributed by atoms with E-state index in [4.69, 9.17) is 0 Å². The molecule has 0 atom stereocenters. The Morgan fingerprint density at radius 1 is 1.29 bits per heavy atom. The van der Waals surface area contributed by atoms with Crippen LogP contribution in [0, 0.1) is 6.92 Å². The second-order valence-corrected chi connectivity index (χ2v) is 3.35. The zero-order valence-corrected chi connectivity index (χ0v) is 8.11. The summed E-state index contributed by atoms with van der Waals surface area (Å²) in [6.07, 6.45) is 0. The third-order valence-corrected chi connectivity index (χ3v) is 2.50. The highest BCUT2D eigenvalue weighted by atomic mass is 16.3. The van der Waals surface area contributed by atoms with Gasteiger partial charge in [-0.1, -0.05) is 12.1 Å². The first-order chi connectivity index (χ1) is 6.63. The van der Waals surface area contributed by atoms with Crippen LogP contribution < -0.4 is 5.43 Å². The molecule has 0 saturated heterocycles. The van der Waals surface area contributed by atoms with Crippen molar-refractivity contribution in [3.05, 3.63) is 40.1 Å². The van der Waals surface area contributed by atoms with Crippen LogP contribution in [0.3, 0.4) is 0 Å². The lowest BCUT2D eigenvalue weighted by molar-refractivity contribution is 0.426. The molecule has 0 aliphatic heterocycles. The van der Waals surface area contributed by atoms with Crippen LogP contribution >= 0.6 is 0 Å². The molecule has 0 radical (unpaired) electrons. The fourth-order valence-corrected chi connectivity index (χ4v) is 1.63. The van der Waals surface area contributed by atoms with Gasteiger partial charge in [-0.3, -0.25) is 4.79 Å². The summed E-state index contributed by atoms with van der Waals surface area (Å²) in [5, 5.41) is 10.3. The number of aromatic nitrogens is 1. The topological polar surface area (TPSA) is 42.2 Å². The lowest BCUT2D eigenvalue weighted by Gasteiger charge is -2.09. The Bertz CT molecular complexity index is 555. The van der Waals surface area contributed by atoms with Crippen molar-refractivity contribution in [2.24, 2.45) is 7.05 Å². The Morgan fingerprint density at radius 2 is 1.93 bits per heavy atom. The average molecular weight is 189 g/mol. The fraction of sp³-hybridized carbons (Fsp3) is 0.182. The quantitative estimate of drug-likeness (QED) is 0.683. The molecule has 2 rings (SSSR count). The van der Waals surface area contributed by atoms with Crippen molar-refractivity contribution < 1.29 is 5.11 Å². The van der Waals surface area contributed by atoms with Gasteiger partial charge in [0.25, 0.3) is 0 Å². The van der Waals surface area contributed by atoms with Gasteiger partial charge in [-0.05, 0) is 19.1 Å². The Hall–Kier alpha value is -1.77.